The minimum Gasteiger partial charge on any atom is -0.490 e. The van der Waals surface area contributed by atoms with Crippen LogP contribution in [0.4, 0.5) is 0 Å². The lowest BCUT2D eigenvalue weighted by atomic mass is 10.2. The van der Waals surface area contributed by atoms with Gasteiger partial charge in [0, 0.05) is 0 Å². The molecule has 0 atom stereocenters. The van der Waals surface area contributed by atoms with Crippen LogP contribution in [-0.4, -0.2) is 13.2 Å². The number of nitriles is 1. The summed E-state index contributed by atoms with van der Waals surface area (Å²) in [5.41, 5.74) is 2.30. The molecule has 2 rings (SSSR count). The first-order valence-corrected chi connectivity index (χ1v) is 7.12. The zero-order chi connectivity index (χ0) is 14.9. The fourth-order valence-corrected chi connectivity index (χ4v) is 1.94. The summed E-state index contributed by atoms with van der Waals surface area (Å²) < 4.78 is 11.2. The van der Waals surface area contributed by atoms with Crippen LogP contribution in [0.2, 0.25) is 0 Å². The lowest BCUT2D eigenvalue weighted by molar-refractivity contribution is 0.217. The van der Waals surface area contributed by atoms with Crippen LogP contribution in [-0.2, 0) is 12.8 Å². The van der Waals surface area contributed by atoms with Crippen LogP contribution >= 0.6 is 0 Å². The smallest absolute Gasteiger partial charge is 0.122 e. The van der Waals surface area contributed by atoms with Crippen molar-refractivity contribution >= 4 is 0 Å². The summed E-state index contributed by atoms with van der Waals surface area (Å²) >= 11 is 0. The molecule has 0 heterocycles. The molecule has 2 aromatic rings. The third-order valence-corrected chi connectivity index (χ3v) is 3.16. The van der Waals surface area contributed by atoms with Gasteiger partial charge < -0.3 is 9.47 Å². The van der Waals surface area contributed by atoms with Crippen molar-refractivity contribution in [2.24, 2.45) is 0 Å². The van der Waals surface area contributed by atoms with Gasteiger partial charge >= 0.3 is 0 Å². The number of aryl methyl sites for hydroxylation is 1. The third kappa shape index (κ3) is 4.85. The van der Waals surface area contributed by atoms with Crippen molar-refractivity contribution in [3.05, 3.63) is 59.7 Å². The summed E-state index contributed by atoms with van der Waals surface area (Å²) in [5.74, 6) is 1.65. The Kier molecular flexibility index (Phi) is 5.66. The first kappa shape index (κ1) is 14.9. The molecule has 0 saturated carbocycles. The monoisotopic (exact) mass is 281 g/mol. The standard InChI is InChI=1S/C18H19NO2/c1-2-15-3-7-17(8-4-15)20-13-14-21-18-9-5-16(6-10-18)11-12-19/h3-10H,2,11,13-14H2,1H3. The molecule has 2 aromatic carbocycles. The number of ether oxygens (including phenoxy) is 2. The van der Waals surface area contributed by atoms with Crippen LogP contribution in [0.15, 0.2) is 48.5 Å². The molecule has 108 valence electrons. The second-order valence-electron chi connectivity index (χ2n) is 4.67. The quantitative estimate of drug-likeness (QED) is 0.725. The molecule has 0 amide bonds. The highest BCUT2D eigenvalue weighted by atomic mass is 16.5. The molecule has 3 nitrogen and oxygen atoms in total. The Morgan fingerprint density at radius 3 is 1.71 bits per heavy atom. The van der Waals surface area contributed by atoms with E-state index in [1.807, 2.05) is 36.4 Å². The van der Waals surface area contributed by atoms with E-state index in [2.05, 4.69) is 25.1 Å². The number of nitrogens with zero attached hydrogens (tertiary/aromatic N) is 1. The summed E-state index contributed by atoms with van der Waals surface area (Å²) in [6, 6.07) is 17.8. The second-order valence-corrected chi connectivity index (χ2v) is 4.67. The molecule has 0 unspecified atom stereocenters. The summed E-state index contributed by atoms with van der Waals surface area (Å²) in [7, 11) is 0. The van der Waals surface area contributed by atoms with E-state index in [1.54, 1.807) is 0 Å². The van der Waals surface area contributed by atoms with Gasteiger partial charge in [-0.15, -0.1) is 0 Å². The van der Waals surface area contributed by atoms with Gasteiger partial charge in [-0.25, -0.2) is 0 Å². The molecule has 3 heteroatoms. The van der Waals surface area contributed by atoms with Crippen molar-refractivity contribution in [1.29, 1.82) is 5.26 Å². The molecule has 0 aliphatic carbocycles. The molecule has 0 aromatic heterocycles. The molecule has 0 spiro atoms. The Hall–Kier alpha value is -2.47. The van der Waals surface area contributed by atoms with Gasteiger partial charge in [-0.2, -0.15) is 5.26 Å². The van der Waals surface area contributed by atoms with Crippen LogP contribution < -0.4 is 9.47 Å². The van der Waals surface area contributed by atoms with Crippen LogP contribution in [0.25, 0.3) is 0 Å². The lowest BCUT2D eigenvalue weighted by Gasteiger charge is -2.09. The predicted molar refractivity (Wildman–Crippen MR) is 82.6 cm³/mol. The first-order chi connectivity index (χ1) is 10.3. The average Bonchev–Trinajstić information content (AvgIpc) is 2.54. The van der Waals surface area contributed by atoms with Gasteiger partial charge in [0.15, 0.2) is 0 Å². The van der Waals surface area contributed by atoms with Crippen molar-refractivity contribution in [2.45, 2.75) is 19.8 Å². The molecule has 0 N–H and O–H groups in total. The van der Waals surface area contributed by atoms with Gasteiger partial charge in [0.25, 0.3) is 0 Å². The van der Waals surface area contributed by atoms with Crippen molar-refractivity contribution in [3.63, 3.8) is 0 Å². The Bertz CT molecular complexity index is 582. The normalized spacial score (nSPS) is 9.90. The van der Waals surface area contributed by atoms with Crippen LogP contribution in [0.5, 0.6) is 11.5 Å². The highest BCUT2D eigenvalue weighted by Gasteiger charge is 1.97. The minimum absolute atomic E-state index is 0.428. The number of rotatable bonds is 7. The molecule has 0 saturated heterocycles. The summed E-state index contributed by atoms with van der Waals surface area (Å²) in [5, 5.41) is 8.61. The van der Waals surface area contributed by atoms with E-state index in [0.717, 1.165) is 23.5 Å². The highest BCUT2D eigenvalue weighted by molar-refractivity contribution is 5.29. The average molecular weight is 281 g/mol. The van der Waals surface area contributed by atoms with E-state index in [-0.39, 0.29) is 0 Å². The van der Waals surface area contributed by atoms with Crippen molar-refractivity contribution < 1.29 is 9.47 Å². The molecule has 0 aliphatic rings. The molecular weight excluding hydrogens is 262 g/mol. The third-order valence-electron chi connectivity index (χ3n) is 3.16. The van der Waals surface area contributed by atoms with Crippen molar-refractivity contribution in [3.8, 4) is 17.6 Å². The summed E-state index contributed by atoms with van der Waals surface area (Å²) in [4.78, 5) is 0. The predicted octanol–water partition coefficient (Wildman–Crippen LogP) is 3.77. The largest absolute Gasteiger partial charge is 0.490 e. The zero-order valence-corrected chi connectivity index (χ0v) is 12.2. The molecular formula is C18H19NO2. The Balaban J connectivity index is 1.72. The minimum atomic E-state index is 0.428. The zero-order valence-electron chi connectivity index (χ0n) is 12.2. The van der Waals surface area contributed by atoms with E-state index in [1.165, 1.54) is 5.56 Å². The number of hydrogen-bond donors (Lipinski definition) is 0. The Morgan fingerprint density at radius 1 is 0.810 bits per heavy atom. The molecule has 0 bridgehead atoms. The maximum atomic E-state index is 8.61. The fraction of sp³-hybridized carbons (Fsp3) is 0.278. The number of benzene rings is 2. The van der Waals surface area contributed by atoms with Crippen molar-refractivity contribution in [1.82, 2.24) is 0 Å². The maximum absolute atomic E-state index is 8.61. The Morgan fingerprint density at radius 2 is 1.29 bits per heavy atom. The van der Waals surface area contributed by atoms with Crippen LogP contribution in [0.1, 0.15) is 18.1 Å². The van der Waals surface area contributed by atoms with Gasteiger partial charge in [-0.05, 0) is 41.8 Å². The van der Waals surface area contributed by atoms with E-state index < -0.39 is 0 Å². The first-order valence-electron chi connectivity index (χ1n) is 7.12. The fourth-order valence-electron chi connectivity index (χ4n) is 1.94. The summed E-state index contributed by atoms with van der Waals surface area (Å²) in [6.45, 7) is 3.13. The van der Waals surface area contributed by atoms with Gasteiger partial charge in [0.1, 0.15) is 24.7 Å². The van der Waals surface area contributed by atoms with E-state index in [4.69, 9.17) is 14.7 Å². The lowest BCUT2D eigenvalue weighted by Crippen LogP contribution is -2.09. The van der Waals surface area contributed by atoms with E-state index >= 15 is 0 Å². The maximum Gasteiger partial charge on any atom is 0.122 e. The van der Waals surface area contributed by atoms with Crippen LogP contribution in [0, 0.1) is 11.3 Å². The van der Waals surface area contributed by atoms with E-state index in [0.29, 0.717) is 19.6 Å². The topological polar surface area (TPSA) is 42.2 Å². The Labute approximate surface area is 125 Å². The van der Waals surface area contributed by atoms with Gasteiger partial charge in [-0.1, -0.05) is 31.2 Å². The highest BCUT2D eigenvalue weighted by Crippen LogP contribution is 2.14. The summed E-state index contributed by atoms with van der Waals surface area (Å²) in [6.07, 6.45) is 1.46. The SMILES string of the molecule is CCc1ccc(OCCOc2ccc(CC#N)cc2)cc1. The number of hydrogen-bond acceptors (Lipinski definition) is 3. The molecule has 0 aliphatic heterocycles. The van der Waals surface area contributed by atoms with E-state index in [9.17, 15) is 0 Å². The molecule has 0 fully saturated rings. The van der Waals surface area contributed by atoms with Gasteiger partial charge in [0.2, 0.25) is 0 Å². The van der Waals surface area contributed by atoms with Crippen LogP contribution in [0.3, 0.4) is 0 Å². The second kappa shape index (κ2) is 7.96. The molecule has 0 radical (unpaired) electrons. The van der Waals surface area contributed by atoms with Gasteiger partial charge in [0.05, 0.1) is 12.5 Å². The van der Waals surface area contributed by atoms with Gasteiger partial charge in [-0.3, -0.25) is 0 Å². The molecule has 21 heavy (non-hydrogen) atoms. The van der Waals surface area contributed by atoms with Crippen molar-refractivity contribution in [2.75, 3.05) is 13.2 Å².